The van der Waals surface area contributed by atoms with Crippen molar-refractivity contribution < 1.29 is 19.1 Å². The van der Waals surface area contributed by atoms with Crippen molar-refractivity contribution in [2.24, 2.45) is 23.7 Å². The first-order chi connectivity index (χ1) is 11.9. The summed E-state index contributed by atoms with van der Waals surface area (Å²) < 4.78 is 5.07. The van der Waals surface area contributed by atoms with Crippen LogP contribution in [0.2, 0.25) is 0 Å². The number of nitrogens with zero attached hydrogens (tertiary/aromatic N) is 1. The molecular weight excluding hydrogens is 318 g/mol. The van der Waals surface area contributed by atoms with Crippen LogP contribution in [-0.2, 0) is 14.4 Å². The lowest BCUT2D eigenvalue weighted by Crippen LogP contribution is -2.33. The second-order valence-corrected chi connectivity index (χ2v) is 7.05. The van der Waals surface area contributed by atoms with Gasteiger partial charge in [-0.1, -0.05) is 29.4 Å². The highest BCUT2D eigenvalue weighted by Gasteiger charge is 2.61. The number of carbonyl (C=O) groups excluding carboxylic acids is 3. The van der Waals surface area contributed by atoms with Gasteiger partial charge in [0.15, 0.2) is 0 Å². The number of benzene rings is 1. The Morgan fingerprint density at radius 1 is 1.00 bits per heavy atom. The lowest BCUT2D eigenvalue weighted by molar-refractivity contribution is -0.132. The van der Waals surface area contributed by atoms with Gasteiger partial charge in [0.05, 0.1) is 17.5 Å². The highest BCUT2D eigenvalue weighted by molar-refractivity contribution is 6.23. The van der Waals surface area contributed by atoms with Crippen molar-refractivity contribution in [3.05, 3.63) is 47.6 Å². The number of fused-ring (bicyclic) bond motifs is 5. The minimum atomic E-state index is -0.441. The molecule has 0 aromatic heterocycles. The smallest absolute Gasteiger partial charge is 0.308 e. The molecule has 0 spiro atoms. The number of hydrogen-bond donors (Lipinski definition) is 0. The van der Waals surface area contributed by atoms with Crippen molar-refractivity contribution in [2.45, 2.75) is 20.8 Å². The van der Waals surface area contributed by atoms with Gasteiger partial charge in [0.25, 0.3) is 0 Å². The molecule has 5 nitrogen and oxygen atoms in total. The lowest BCUT2D eigenvalue weighted by Gasteiger charge is -2.19. The van der Waals surface area contributed by atoms with Crippen LogP contribution < -0.4 is 9.64 Å². The molecular formula is C20H19NO4. The molecule has 4 atom stereocenters. The van der Waals surface area contributed by atoms with Gasteiger partial charge in [-0.3, -0.25) is 14.4 Å². The lowest BCUT2D eigenvalue weighted by atomic mass is 9.85. The zero-order valence-electron chi connectivity index (χ0n) is 14.4. The third kappa shape index (κ3) is 2.18. The Bertz CT molecular complexity index is 828. The quantitative estimate of drug-likeness (QED) is 0.360. The number of imide groups is 1. The average Bonchev–Trinajstić information content (AvgIpc) is 3.17. The molecule has 0 N–H and O–H groups in total. The summed E-state index contributed by atoms with van der Waals surface area (Å²) in [4.78, 5) is 38.5. The van der Waals surface area contributed by atoms with Crippen LogP contribution in [0, 0.1) is 23.7 Å². The number of carbonyl (C=O) groups is 3. The standard InChI is InChI=1S/C20H19NO4/c1-10(2)16-14-7-8-15(16)18-17(14)19(23)21(20(18)24)12-5-4-6-13(9-12)25-11(3)22/h4-9,14-15,17-18H,1-3H3/t14-,15-,17-,18+/m0/s1. The molecule has 0 radical (unpaired) electrons. The summed E-state index contributed by atoms with van der Waals surface area (Å²) in [7, 11) is 0. The molecule has 3 aliphatic rings. The number of anilines is 1. The first-order valence-electron chi connectivity index (χ1n) is 8.42. The zero-order valence-corrected chi connectivity index (χ0v) is 14.4. The van der Waals surface area contributed by atoms with Crippen molar-refractivity contribution in [1.29, 1.82) is 0 Å². The van der Waals surface area contributed by atoms with Gasteiger partial charge in [0.2, 0.25) is 11.8 Å². The molecule has 2 bridgehead atoms. The summed E-state index contributed by atoms with van der Waals surface area (Å²) in [6.07, 6.45) is 4.14. The second kappa shape index (κ2) is 5.41. The predicted molar refractivity (Wildman–Crippen MR) is 91.7 cm³/mol. The predicted octanol–water partition coefficient (Wildman–Crippen LogP) is 2.87. The molecule has 1 heterocycles. The van der Waals surface area contributed by atoms with Crippen LogP contribution in [0.15, 0.2) is 47.6 Å². The summed E-state index contributed by atoms with van der Waals surface area (Å²) >= 11 is 0. The molecule has 1 saturated heterocycles. The molecule has 1 aromatic carbocycles. The van der Waals surface area contributed by atoms with E-state index in [-0.39, 0.29) is 35.5 Å². The molecule has 4 rings (SSSR count). The topological polar surface area (TPSA) is 63.7 Å². The first kappa shape index (κ1) is 15.8. The maximum atomic E-state index is 13.0. The van der Waals surface area contributed by atoms with Crippen molar-refractivity contribution in [3.8, 4) is 5.75 Å². The monoisotopic (exact) mass is 337 g/mol. The van der Waals surface area contributed by atoms with Gasteiger partial charge in [0.1, 0.15) is 5.75 Å². The molecule has 1 aliphatic heterocycles. The van der Waals surface area contributed by atoms with Gasteiger partial charge in [-0.15, -0.1) is 0 Å². The van der Waals surface area contributed by atoms with Gasteiger partial charge >= 0.3 is 5.97 Å². The van der Waals surface area contributed by atoms with Gasteiger partial charge < -0.3 is 4.74 Å². The van der Waals surface area contributed by atoms with E-state index >= 15 is 0 Å². The minimum Gasteiger partial charge on any atom is -0.427 e. The minimum absolute atomic E-state index is 0.0260. The summed E-state index contributed by atoms with van der Waals surface area (Å²) in [5.41, 5.74) is 2.88. The molecule has 2 aliphatic carbocycles. The molecule has 1 saturated carbocycles. The van der Waals surface area contributed by atoms with Gasteiger partial charge in [-0.05, 0) is 26.0 Å². The van der Waals surface area contributed by atoms with Crippen LogP contribution in [0.1, 0.15) is 20.8 Å². The zero-order chi connectivity index (χ0) is 17.9. The number of ether oxygens (including phenoxy) is 1. The van der Waals surface area contributed by atoms with Gasteiger partial charge in [-0.2, -0.15) is 0 Å². The number of rotatable bonds is 2. The van der Waals surface area contributed by atoms with Crippen molar-refractivity contribution in [3.63, 3.8) is 0 Å². The largest absolute Gasteiger partial charge is 0.427 e. The second-order valence-electron chi connectivity index (χ2n) is 7.05. The summed E-state index contributed by atoms with van der Waals surface area (Å²) in [6, 6.07) is 6.57. The summed E-state index contributed by atoms with van der Waals surface area (Å²) in [5, 5.41) is 0. The van der Waals surface area contributed by atoms with Crippen molar-refractivity contribution >= 4 is 23.5 Å². The van der Waals surface area contributed by atoms with E-state index in [1.54, 1.807) is 24.3 Å². The summed E-state index contributed by atoms with van der Waals surface area (Å²) in [6.45, 7) is 5.39. The molecule has 1 aromatic rings. The fourth-order valence-electron chi connectivity index (χ4n) is 4.54. The third-order valence-electron chi connectivity index (χ3n) is 5.33. The van der Waals surface area contributed by atoms with Crippen LogP contribution in [0.3, 0.4) is 0 Å². The number of hydrogen-bond acceptors (Lipinski definition) is 4. The van der Waals surface area contributed by atoms with Crippen LogP contribution in [0.5, 0.6) is 5.75 Å². The maximum absolute atomic E-state index is 13.0. The normalized spacial score (nSPS) is 29.4. The maximum Gasteiger partial charge on any atom is 0.308 e. The van der Waals surface area contributed by atoms with Gasteiger partial charge in [-0.25, -0.2) is 4.90 Å². The van der Waals surface area contributed by atoms with Crippen LogP contribution >= 0.6 is 0 Å². The first-order valence-corrected chi connectivity index (χ1v) is 8.42. The van der Waals surface area contributed by atoms with E-state index in [2.05, 4.69) is 12.2 Å². The molecule has 2 fully saturated rings. The Kier molecular flexibility index (Phi) is 3.42. The van der Waals surface area contributed by atoms with E-state index in [1.165, 1.54) is 23.0 Å². The molecule has 2 amide bonds. The van der Waals surface area contributed by atoms with Gasteiger partial charge in [0, 0.05) is 24.8 Å². The summed E-state index contributed by atoms with van der Waals surface area (Å²) in [5.74, 6) is -1.01. The molecule has 128 valence electrons. The Labute approximate surface area is 146 Å². The van der Waals surface area contributed by atoms with Crippen LogP contribution in [-0.4, -0.2) is 17.8 Å². The number of allylic oxidation sites excluding steroid dienone is 4. The van der Waals surface area contributed by atoms with E-state index in [1.807, 2.05) is 13.8 Å². The van der Waals surface area contributed by atoms with E-state index in [9.17, 15) is 14.4 Å². The van der Waals surface area contributed by atoms with Crippen LogP contribution in [0.25, 0.3) is 0 Å². The number of esters is 1. The fourth-order valence-corrected chi connectivity index (χ4v) is 4.54. The SMILES string of the molecule is CC(=O)Oc1cccc(N2C(=O)[C@@H]3[C@H](C2=O)[C@H]2C=C[C@H]3C2=C(C)C)c1. The highest BCUT2D eigenvalue weighted by Crippen LogP contribution is 2.57. The Morgan fingerprint density at radius 3 is 2.12 bits per heavy atom. The third-order valence-corrected chi connectivity index (χ3v) is 5.33. The Balaban J connectivity index is 1.70. The van der Waals surface area contributed by atoms with E-state index in [4.69, 9.17) is 4.74 Å². The van der Waals surface area contributed by atoms with E-state index in [0.717, 1.165) is 0 Å². The Morgan fingerprint density at radius 2 is 1.60 bits per heavy atom. The molecule has 0 unspecified atom stereocenters. The van der Waals surface area contributed by atoms with E-state index in [0.29, 0.717) is 11.4 Å². The fraction of sp³-hybridized carbons (Fsp3) is 0.350. The van der Waals surface area contributed by atoms with Crippen molar-refractivity contribution in [2.75, 3.05) is 4.90 Å². The average molecular weight is 337 g/mol. The van der Waals surface area contributed by atoms with Crippen LogP contribution in [0.4, 0.5) is 5.69 Å². The highest BCUT2D eigenvalue weighted by atomic mass is 16.5. The number of amides is 2. The molecule has 25 heavy (non-hydrogen) atoms. The Hall–Kier alpha value is -2.69. The van der Waals surface area contributed by atoms with Crippen molar-refractivity contribution in [1.82, 2.24) is 0 Å². The van der Waals surface area contributed by atoms with E-state index < -0.39 is 5.97 Å². The molecule has 5 heteroatoms.